The Morgan fingerprint density at radius 2 is 1.58 bits per heavy atom. The van der Waals surface area contributed by atoms with Crippen LogP contribution in [0.2, 0.25) is 0 Å². The molecule has 33 heavy (non-hydrogen) atoms. The molecule has 0 atom stereocenters. The molecule has 0 bridgehead atoms. The number of aromatic nitrogens is 2. The lowest BCUT2D eigenvalue weighted by atomic mass is 10.1. The van der Waals surface area contributed by atoms with E-state index in [2.05, 4.69) is 14.5 Å². The summed E-state index contributed by atoms with van der Waals surface area (Å²) >= 11 is 0. The number of fused-ring (bicyclic) bond motifs is 1. The first-order valence-corrected chi connectivity index (χ1v) is 10.4. The number of hydrogen-bond donors (Lipinski definition) is 1. The Balaban J connectivity index is 0.000000383. The van der Waals surface area contributed by atoms with Gasteiger partial charge in [-0.2, -0.15) is 13.2 Å². The zero-order chi connectivity index (χ0) is 24.2. The van der Waals surface area contributed by atoms with Gasteiger partial charge in [0.15, 0.2) is 0 Å². The predicted octanol–water partition coefficient (Wildman–Crippen LogP) is 3.44. The van der Waals surface area contributed by atoms with Crippen LogP contribution in [0.4, 0.5) is 22.0 Å². The molecule has 1 amide bonds. The second-order valence-electron chi connectivity index (χ2n) is 7.86. The van der Waals surface area contributed by atoms with Crippen LogP contribution in [0.1, 0.15) is 41.0 Å². The summed E-state index contributed by atoms with van der Waals surface area (Å²) in [6.07, 6.45) is -0.0236. The summed E-state index contributed by atoms with van der Waals surface area (Å²) in [6, 6.07) is 2.97. The van der Waals surface area contributed by atoms with Gasteiger partial charge < -0.3 is 14.6 Å². The molecule has 1 saturated heterocycles. The van der Waals surface area contributed by atoms with Gasteiger partial charge in [-0.1, -0.05) is 0 Å². The van der Waals surface area contributed by atoms with E-state index in [1.54, 1.807) is 4.90 Å². The number of halogens is 5. The minimum absolute atomic E-state index is 0.0524. The van der Waals surface area contributed by atoms with Gasteiger partial charge in [0, 0.05) is 31.3 Å². The van der Waals surface area contributed by atoms with Gasteiger partial charge in [0.25, 0.3) is 5.91 Å². The smallest absolute Gasteiger partial charge is 0.475 e. The fourth-order valence-corrected chi connectivity index (χ4v) is 3.83. The van der Waals surface area contributed by atoms with E-state index in [0.717, 1.165) is 62.2 Å². The topological polar surface area (TPSA) is 78.7 Å². The molecule has 1 aromatic carbocycles. The standard InChI is InChI=1S/C19H22F2N4O.C2HF3O2/c20-15-8-14(9-16(21)10-15)19(26)24-6-3-7-25-13-22-17(18(25)12-24)11-23-4-1-2-5-23;3-2(4,5)1(6)7/h8-10,13H,1-7,11-12H2;(H,6,7). The third-order valence-electron chi connectivity index (χ3n) is 5.41. The molecule has 7 nitrogen and oxygen atoms in total. The summed E-state index contributed by atoms with van der Waals surface area (Å²) < 4.78 is 60.8. The molecule has 12 heteroatoms. The van der Waals surface area contributed by atoms with Crippen LogP contribution in [0.15, 0.2) is 24.5 Å². The number of likely N-dealkylation sites (tertiary alicyclic amines) is 1. The van der Waals surface area contributed by atoms with Crippen molar-refractivity contribution in [1.82, 2.24) is 19.4 Å². The Morgan fingerprint density at radius 1 is 0.970 bits per heavy atom. The number of aliphatic carboxylic acids is 1. The average Bonchev–Trinajstić information content (AvgIpc) is 3.31. The summed E-state index contributed by atoms with van der Waals surface area (Å²) in [5, 5.41) is 7.12. The van der Waals surface area contributed by atoms with Crippen LogP contribution < -0.4 is 0 Å². The summed E-state index contributed by atoms with van der Waals surface area (Å²) in [7, 11) is 0. The minimum atomic E-state index is -5.08. The molecule has 0 aliphatic carbocycles. The fourth-order valence-electron chi connectivity index (χ4n) is 3.83. The first-order valence-electron chi connectivity index (χ1n) is 10.4. The minimum Gasteiger partial charge on any atom is -0.475 e. The maximum absolute atomic E-state index is 13.5. The monoisotopic (exact) mass is 474 g/mol. The summed E-state index contributed by atoms with van der Waals surface area (Å²) in [6.45, 7) is 4.72. The molecule has 2 aliphatic heterocycles. The highest BCUT2D eigenvalue weighted by Crippen LogP contribution is 2.21. The van der Waals surface area contributed by atoms with Gasteiger partial charge in [0.2, 0.25) is 0 Å². The van der Waals surface area contributed by atoms with Crippen molar-refractivity contribution in [2.75, 3.05) is 19.6 Å². The molecular formula is C21H23F5N4O3. The van der Waals surface area contributed by atoms with Crippen LogP contribution >= 0.6 is 0 Å². The molecule has 4 rings (SSSR count). The number of rotatable bonds is 3. The second kappa shape index (κ2) is 10.3. The van der Waals surface area contributed by atoms with Crippen LogP contribution in [0.3, 0.4) is 0 Å². The third kappa shape index (κ3) is 6.50. The molecule has 0 spiro atoms. The number of carbonyl (C=O) groups excluding carboxylic acids is 1. The molecule has 1 fully saturated rings. The van der Waals surface area contributed by atoms with Crippen molar-refractivity contribution in [2.24, 2.45) is 0 Å². The Labute approximate surface area is 186 Å². The first kappa shape index (κ1) is 24.6. The van der Waals surface area contributed by atoms with Gasteiger partial charge in [-0.3, -0.25) is 9.69 Å². The van der Waals surface area contributed by atoms with E-state index in [4.69, 9.17) is 9.90 Å². The molecule has 1 N–H and O–H groups in total. The predicted molar refractivity (Wildman–Crippen MR) is 106 cm³/mol. The highest BCUT2D eigenvalue weighted by Gasteiger charge is 2.38. The molecule has 0 radical (unpaired) electrons. The van der Waals surface area contributed by atoms with Crippen LogP contribution in [0.25, 0.3) is 0 Å². The second-order valence-corrected chi connectivity index (χ2v) is 7.86. The number of alkyl halides is 3. The summed E-state index contributed by atoms with van der Waals surface area (Å²) in [4.78, 5) is 30.3. The van der Waals surface area contributed by atoms with Crippen LogP contribution in [-0.4, -0.2) is 62.1 Å². The van der Waals surface area contributed by atoms with Gasteiger partial charge in [-0.05, 0) is 44.5 Å². The van der Waals surface area contributed by atoms with Crippen molar-refractivity contribution in [3.8, 4) is 0 Å². The van der Waals surface area contributed by atoms with Crippen molar-refractivity contribution >= 4 is 11.9 Å². The van der Waals surface area contributed by atoms with Gasteiger partial charge in [-0.15, -0.1) is 0 Å². The van der Waals surface area contributed by atoms with Crippen molar-refractivity contribution in [2.45, 2.75) is 45.1 Å². The van der Waals surface area contributed by atoms with Gasteiger partial charge >= 0.3 is 12.1 Å². The van der Waals surface area contributed by atoms with Crippen LogP contribution in [0.5, 0.6) is 0 Å². The number of carboxylic acid groups (broad SMARTS) is 1. The lowest BCUT2D eigenvalue weighted by Gasteiger charge is -2.21. The van der Waals surface area contributed by atoms with Crippen LogP contribution in [0, 0.1) is 11.6 Å². The van der Waals surface area contributed by atoms with E-state index >= 15 is 0 Å². The molecule has 1 aromatic heterocycles. The Bertz CT molecular complexity index is 982. The van der Waals surface area contributed by atoms with Crippen molar-refractivity contribution in [1.29, 1.82) is 0 Å². The molecule has 180 valence electrons. The number of hydrogen-bond acceptors (Lipinski definition) is 4. The average molecular weight is 474 g/mol. The SMILES string of the molecule is O=C(O)C(F)(F)F.O=C(c1cc(F)cc(F)c1)N1CCCn2cnc(CN3CCCC3)c2C1. The maximum atomic E-state index is 13.5. The molecular weight excluding hydrogens is 451 g/mol. The van der Waals surface area contributed by atoms with Crippen LogP contribution in [-0.2, 0) is 24.4 Å². The summed E-state index contributed by atoms with van der Waals surface area (Å²) in [5.74, 6) is -4.57. The quantitative estimate of drug-likeness (QED) is 0.690. The Hall–Kier alpha value is -3.02. The highest BCUT2D eigenvalue weighted by molar-refractivity contribution is 5.94. The van der Waals surface area contributed by atoms with E-state index in [1.165, 1.54) is 12.8 Å². The van der Waals surface area contributed by atoms with Crippen molar-refractivity contribution in [3.63, 3.8) is 0 Å². The Kier molecular flexibility index (Phi) is 7.67. The van der Waals surface area contributed by atoms with E-state index in [-0.39, 0.29) is 11.5 Å². The van der Waals surface area contributed by atoms with E-state index < -0.39 is 23.8 Å². The number of benzene rings is 1. The van der Waals surface area contributed by atoms with Crippen molar-refractivity contribution < 1.29 is 36.6 Å². The zero-order valence-corrected chi connectivity index (χ0v) is 17.6. The van der Waals surface area contributed by atoms with E-state index in [0.29, 0.717) is 13.1 Å². The molecule has 2 aromatic rings. The molecule has 0 unspecified atom stereocenters. The lowest BCUT2D eigenvalue weighted by Crippen LogP contribution is -2.31. The number of carbonyl (C=O) groups is 2. The number of aryl methyl sites for hydroxylation is 1. The van der Waals surface area contributed by atoms with E-state index in [1.807, 2.05) is 6.33 Å². The molecule has 3 heterocycles. The zero-order valence-electron chi connectivity index (χ0n) is 17.6. The normalized spacial score (nSPS) is 16.6. The summed E-state index contributed by atoms with van der Waals surface area (Å²) in [5.41, 5.74) is 2.08. The first-order chi connectivity index (χ1) is 15.5. The Morgan fingerprint density at radius 3 is 2.15 bits per heavy atom. The molecule has 0 saturated carbocycles. The van der Waals surface area contributed by atoms with E-state index in [9.17, 15) is 26.7 Å². The third-order valence-corrected chi connectivity index (χ3v) is 5.41. The maximum Gasteiger partial charge on any atom is 0.490 e. The largest absolute Gasteiger partial charge is 0.490 e. The van der Waals surface area contributed by atoms with Gasteiger partial charge in [0.1, 0.15) is 11.6 Å². The number of nitrogens with zero attached hydrogens (tertiary/aromatic N) is 4. The number of imidazole rings is 1. The van der Waals surface area contributed by atoms with Gasteiger partial charge in [0.05, 0.1) is 24.3 Å². The lowest BCUT2D eigenvalue weighted by molar-refractivity contribution is -0.192. The highest BCUT2D eigenvalue weighted by atomic mass is 19.4. The fraction of sp³-hybridized carbons (Fsp3) is 0.476. The van der Waals surface area contributed by atoms with Gasteiger partial charge in [-0.25, -0.2) is 18.6 Å². The van der Waals surface area contributed by atoms with Crippen molar-refractivity contribution in [3.05, 3.63) is 53.1 Å². The number of carboxylic acids is 1. The number of amides is 1. The molecule has 2 aliphatic rings.